The van der Waals surface area contributed by atoms with Crippen LogP contribution in [0.1, 0.15) is 15.9 Å². The molecule has 29 heavy (non-hydrogen) atoms. The van der Waals surface area contributed by atoms with Gasteiger partial charge in [-0.1, -0.05) is 28.9 Å². The Kier molecular flexibility index (Phi) is 5.07. The quantitative estimate of drug-likeness (QED) is 0.525. The van der Waals surface area contributed by atoms with Crippen molar-refractivity contribution in [3.8, 4) is 28.6 Å². The van der Waals surface area contributed by atoms with E-state index in [-0.39, 0.29) is 5.91 Å². The Hall–Kier alpha value is -3.93. The summed E-state index contributed by atoms with van der Waals surface area (Å²) in [7, 11) is 1.62. The topological polar surface area (TPSA) is 77.3 Å². The van der Waals surface area contributed by atoms with Gasteiger partial charge in [0.15, 0.2) is 0 Å². The summed E-state index contributed by atoms with van der Waals surface area (Å²) in [5.41, 5.74) is 3.83. The Morgan fingerprint density at radius 1 is 0.966 bits per heavy atom. The summed E-state index contributed by atoms with van der Waals surface area (Å²) in [6.07, 6.45) is 0. The lowest BCUT2D eigenvalue weighted by molar-refractivity contribution is 0.102. The van der Waals surface area contributed by atoms with E-state index < -0.39 is 0 Å². The van der Waals surface area contributed by atoms with Crippen molar-refractivity contribution in [1.29, 1.82) is 0 Å². The number of ether oxygens (including phenoxy) is 1. The fourth-order valence-corrected chi connectivity index (χ4v) is 2.92. The zero-order valence-corrected chi connectivity index (χ0v) is 16.0. The molecule has 0 radical (unpaired) electrons. The average molecular weight is 385 g/mol. The van der Waals surface area contributed by atoms with Crippen LogP contribution in [0.15, 0.2) is 77.3 Å². The minimum atomic E-state index is -0.171. The predicted molar refractivity (Wildman–Crippen MR) is 111 cm³/mol. The van der Waals surface area contributed by atoms with Gasteiger partial charge in [-0.25, -0.2) is 0 Å². The maximum Gasteiger partial charge on any atom is 0.258 e. The molecule has 1 amide bonds. The molecule has 0 unspecified atom stereocenters. The maximum atomic E-state index is 12.5. The molecular formula is C23H19N3O3. The molecule has 0 aliphatic carbocycles. The van der Waals surface area contributed by atoms with E-state index >= 15 is 0 Å². The van der Waals surface area contributed by atoms with Crippen LogP contribution in [0.2, 0.25) is 0 Å². The second kappa shape index (κ2) is 7.98. The highest BCUT2D eigenvalue weighted by atomic mass is 16.5. The molecule has 0 bridgehead atoms. The van der Waals surface area contributed by atoms with Gasteiger partial charge in [-0.3, -0.25) is 4.79 Å². The fraction of sp³-hybridized carbons (Fsp3) is 0.0870. The average Bonchev–Trinajstić information content (AvgIpc) is 3.24. The molecule has 0 spiro atoms. The number of nitrogens with zero attached hydrogens (tertiary/aromatic N) is 2. The van der Waals surface area contributed by atoms with Gasteiger partial charge in [0, 0.05) is 22.4 Å². The molecule has 1 N–H and O–H groups in total. The lowest BCUT2D eigenvalue weighted by Gasteiger charge is -2.06. The van der Waals surface area contributed by atoms with Crippen molar-refractivity contribution in [2.24, 2.45) is 0 Å². The van der Waals surface area contributed by atoms with E-state index in [0.29, 0.717) is 23.0 Å². The number of anilines is 1. The van der Waals surface area contributed by atoms with Crippen LogP contribution < -0.4 is 10.1 Å². The molecule has 1 heterocycles. The van der Waals surface area contributed by atoms with Crippen LogP contribution in [0.4, 0.5) is 5.69 Å². The number of carbonyl (C=O) groups is 1. The molecule has 4 rings (SSSR count). The molecule has 0 fully saturated rings. The van der Waals surface area contributed by atoms with Gasteiger partial charge in [0.2, 0.25) is 5.82 Å². The van der Waals surface area contributed by atoms with E-state index in [0.717, 1.165) is 22.4 Å². The number of hydrogen-bond acceptors (Lipinski definition) is 5. The molecule has 0 aliphatic heterocycles. The first kappa shape index (κ1) is 18.4. The molecule has 0 atom stereocenters. The summed E-state index contributed by atoms with van der Waals surface area (Å²) in [6, 6.07) is 22.2. The zero-order valence-electron chi connectivity index (χ0n) is 16.0. The van der Waals surface area contributed by atoms with Gasteiger partial charge in [-0.2, -0.15) is 4.98 Å². The summed E-state index contributed by atoms with van der Waals surface area (Å²) >= 11 is 0. The second-order valence-electron chi connectivity index (χ2n) is 6.56. The maximum absolute atomic E-state index is 12.5. The van der Waals surface area contributed by atoms with Gasteiger partial charge in [-0.05, 0) is 61.5 Å². The second-order valence-corrected chi connectivity index (χ2v) is 6.56. The monoisotopic (exact) mass is 385 g/mol. The summed E-state index contributed by atoms with van der Waals surface area (Å²) < 4.78 is 10.6. The van der Waals surface area contributed by atoms with Gasteiger partial charge in [-0.15, -0.1) is 0 Å². The standard InChI is InChI=1S/C23H19N3O3/c1-15-5-3-6-17(13-15)22(27)24-19-8-4-7-18(14-19)23-25-21(26-29-23)16-9-11-20(28-2)12-10-16/h3-14H,1-2H3,(H,24,27). The molecule has 0 saturated carbocycles. The number of benzene rings is 3. The van der Waals surface area contributed by atoms with E-state index in [4.69, 9.17) is 9.26 Å². The number of aromatic nitrogens is 2. The lowest BCUT2D eigenvalue weighted by Crippen LogP contribution is -2.11. The normalized spacial score (nSPS) is 10.6. The van der Waals surface area contributed by atoms with Crippen LogP contribution in [-0.2, 0) is 0 Å². The van der Waals surface area contributed by atoms with Crippen molar-refractivity contribution in [1.82, 2.24) is 10.1 Å². The number of hydrogen-bond donors (Lipinski definition) is 1. The summed E-state index contributed by atoms with van der Waals surface area (Å²) in [5.74, 6) is 1.45. The lowest BCUT2D eigenvalue weighted by atomic mass is 10.1. The van der Waals surface area contributed by atoms with E-state index in [2.05, 4.69) is 15.5 Å². The van der Waals surface area contributed by atoms with Crippen LogP contribution >= 0.6 is 0 Å². The van der Waals surface area contributed by atoms with Crippen molar-refractivity contribution in [3.63, 3.8) is 0 Å². The molecule has 6 heteroatoms. The SMILES string of the molecule is COc1ccc(-c2noc(-c3cccc(NC(=O)c4cccc(C)c4)c3)n2)cc1. The van der Waals surface area contributed by atoms with Crippen LogP contribution in [0.5, 0.6) is 5.75 Å². The highest BCUT2D eigenvalue weighted by Crippen LogP contribution is 2.25. The number of amides is 1. The van der Waals surface area contributed by atoms with Crippen molar-refractivity contribution in [2.75, 3.05) is 12.4 Å². The van der Waals surface area contributed by atoms with E-state index in [9.17, 15) is 4.79 Å². The largest absolute Gasteiger partial charge is 0.497 e. The van der Waals surface area contributed by atoms with E-state index in [1.54, 1.807) is 19.2 Å². The summed E-state index contributed by atoms with van der Waals surface area (Å²) in [6.45, 7) is 1.95. The van der Waals surface area contributed by atoms with Crippen LogP contribution in [0.25, 0.3) is 22.8 Å². The third-order valence-corrected chi connectivity index (χ3v) is 4.42. The first-order valence-electron chi connectivity index (χ1n) is 9.09. The minimum Gasteiger partial charge on any atom is -0.497 e. The van der Waals surface area contributed by atoms with Crippen molar-refractivity contribution >= 4 is 11.6 Å². The van der Waals surface area contributed by atoms with Crippen LogP contribution in [-0.4, -0.2) is 23.2 Å². The van der Waals surface area contributed by atoms with Gasteiger partial charge in [0.25, 0.3) is 11.8 Å². The summed E-state index contributed by atoms with van der Waals surface area (Å²) in [4.78, 5) is 16.9. The van der Waals surface area contributed by atoms with E-state index in [1.165, 1.54) is 0 Å². The van der Waals surface area contributed by atoms with Gasteiger partial charge < -0.3 is 14.6 Å². The molecule has 0 saturated heterocycles. The molecule has 4 aromatic rings. The highest BCUT2D eigenvalue weighted by Gasteiger charge is 2.12. The Morgan fingerprint density at radius 3 is 2.52 bits per heavy atom. The fourth-order valence-electron chi connectivity index (χ4n) is 2.92. The number of carbonyl (C=O) groups excluding carboxylic acids is 1. The van der Waals surface area contributed by atoms with Crippen molar-refractivity contribution in [3.05, 3.63) is 83.9 Å². The van der Waals surface area contributed by atoms with Crippen molar-refractivity contribution < 1.29 is 14.1 Å². The molecule has 0 aliphatic rings. The van der Waals surface area contributed by atoms with Crippen molar-refractivity contribution in [2.45, 2.75) is 6.92 Å². The van der Waals surface area contributed by atoms with E-state index in [1.807, 2.05) is 67.6 Å². The van der Waals surface area contributed by atoms with Gasteiger partial charge in [0.05, 0.1) is 7.11 Å². The molecule has 1 aromatic heterocycles. The first-order valence-corrected chi connectivity index (χ1v) is 9.09. The molecular weight excluding hydrogens is 366 g/mol. The number of rotatable bonds is 5. The van der Waals surface area contributed by atoms with Crippen LogP contribution in [0.3, 0.4) is 0 Å². The Labute approximate surface area is 168 Å². The first-order chi connectivity index (χ1) is 14.1. The molecule has 6 nitrogen and oxygen atoms in total. The predicted octanol–water partition coefficient (Wildman–Crippen LogP) is 4.97. The third kappa shape index (κ3) is 4.16. The van der Waals surface area contributed by atoms with Crippen LogP contribution in [0, 0.1) is 6.92 Å². The minimum absolute atomic E-state index is 0.171. The number of aryl methyl sites for hydroxylation is 1. The number of methoxy groups -OCH3 is 1. The Balaban J connectivity index is 1.54. The van der Waals surface area contributed by atoms with Gasteiger partial charge in [0.1, 0.15) is 5.75 Å². The Morgan fingerprint density at radius 2 is 1.76 bits per heavy atom. The number of nitrogens with one attached hydrogen (secondary N) is 1. The Bertz CT molecular complexity index is 1150. The third-order valence-electron chi connectivity index (χ3n) is 4.42. The molecule has 144 valence electrons. The smallest absolute Gasteiger partial charge is 0.258 e. The zero-order chi connectivity index (χ0) is 20.2. The van der Waals surface area contributed by atoms with Gasteiger partial charge >= 0.3 is 0 Å². The highest BCUT2D eigenvalue weighted by molar-refractivity contribution is 6.04. The molecule has 3 aromatic carbocycles. The summed E-state index contributed by atoms with van der Waals surface area (Å²) in [5, 5.41) is 6.96.